The molecule has 11 heteroatoms. The summed E-state index contributed by atoms with van der Waals surface area (Å²) >= 11 is 5.49. The number of alkyl halides is 3. The predicted molar refractivity (Wildman–Crippen MR) is 115 cm³/mol. The summed E-state index contributed by atoms with van der Waals surface area (Å²) in [5, 5.41) is 9.24. The Bertz CT molecular complexity index is 1390. The van der Waals surface area contributed by atoms with E-state index in [0.717, 1.165) is 17.0 Å². The van der Waals surface area contributed by atoms with Gasteiger partial charge in [-0.1, -0.05) is 0 Å². The summed E-state index contributed by atoms with van der Waals surface area (Å²) in [5.74, 6) is -0.555. The zero-order valence-electron chi connectivity index (χ0n) is 16.7. The molecular formula is C21H14F3N5O2S. The third-order valence-electron chi connectivity index (χ3n) is 5.24. The van der Waals surface area contributed by atoms with Crippen LogP contribution in [-0.4, -0.2) is 26.5 Å². The molecule has 1 aliphatic rings. The Morgan fingerprint density at radius 1 is 1.12 bits per heavy atom. The van der Waals surface area contributed by atoms with Gasteiger partial charge in [0.15, 0.2) is 5.11 Å². The molecule has 0 bridgehead atoms. The molecule has 1 aromatic heterocycles. The van der Waals surface area contributed by atoms with Crippen LogP contribution in [0.4, 0.5) is 24.5 Å². The Kier molecular flexibility index (Phi) is 4.78. The first kappa shape index (κ1) is 21.5. The van der Waals surface area contributed by atoms with Gasteiger partial charge in [0.25, 0.3) is 11.5 Å². The molecule has 4 rings (SSSR count). The summed E-state index contributed by atoms with van der Waals surface area (Å²) in [6, 6.07) is 9.23. The molecule has 1 amide bonds. The normalized spacial score (nSPS) is 16.0. The van der Waals surface area contributed by atoms with E-state index < -0.39 is 28.7 Å². The van der Waals surface area contributed by atoms with E-state index >= 15 is 0 Å². The summed E-state index contributed by atoms with van der Waals surface area (Å²) in [6.07, 6.45) is -3.52. The molecule has 3 aromatic rings. The van der Waals surface area contributed by atoms with Crippen LogP contribution in [-0.2, 0) is 11.0 Å². The van der Waals surface area contributed by atoms with Crippen molar-refractivity contribution in [3.63, 3.8) is 0 Å². The Hall–Kier alpha value is -3.78. The van der Waals surface area contributed by atoms with Gasteiger partial charge in [-0.3, -0.25) is 14.5 Å². The van der Waals surface area contributed by atoms with Crippen molar-refractivity contribution in [2.75, 3.05) is 9.80 Å². The minimum absolute atomic E-state index is 0.0579. The van der Waals surface area contributed by atoms with Crippen LogP contribution in [0.5, 0.6) is 0 Å². The molecule has 2 aromatic carbocycles. The monoisotopic (exact) mass is 457 g/mol. The highest BCUT2D eigenvalue weighted by molar-refractivity contribution is 7.81. The van der Waals surface area contributed by atoms with E-state index in [2.05, 4.69) is 9.97 Å². The number of fused-ring (bicyclic) bond motifs is 1. The number of aromatic amines is 1. The molecule has 0 spiro atoms. The molecule has 1 N–H and O–H groups in total. The average molecular weight is 457 g/mol. The minimum Gasteiger partial charge on any atom is -0.313 e. The van der Waals surface area contributed by atoms with Crippen LogP contribution in [0.15, 0.2) is 47.5 Å². The van der Waals surface area contributed by atoms with Gasteiger partial charge in [0.05, 0.1) is 40.1 Å². The zero-order valence-corrected chi connectivity index (χ0v) is 17.5. The van der Waals surface area contributed by atoms with Gasteiger partial charge in [-0.2, -0.15) is 18.4 Å². The SMILES string of the molecule is CC1(C)C(=O)N(c2ccc(C#N)c(C(F)(F)F)c2)C(=S)N1c1ccc2nc[nH]c(=O)c2c1. The topological polar surface area (TPSA) is 93.1 Å². The van der Waals surface area contributed by atoms with Crippen molar-refractivity contribution in [3.8, 4) is 6.07 Å². The average Bonchev–Trinajstić information content (AvgIpc) is 2.91. The largest absolute Gasteiger partial charge is 0.417 e. The molecule has 32 heavy (non-hydrogen) atoms. The summed E-state index contributed by atoms with van der Waals surface area (Å²) < 4.78 is 40.3. The first-order valence-corrected chi connectivity index (χ1v) is 9.65. The van der Waals surface area contributed by atoms with Crippen LogP contribution >= 0.6 is 12.2 Å². The van der Waals surface area contributed by atoms with E-state index in [1.54, 1.807) is 26.0 Å². The zero-order chi connectivity index (χ0) is 23.4. The van der Waals surface area contributed by atoms with Gasteiger partial charge in [-0.05, 0) is 62.5 Å². The molecule has 0 unspecified atom stereocenters. The Morgan fingerprint density at radius 3 is 2.47 bits per heavy atom. The Balaban J connectivity index is 1.85. The number of aromatic nitrogens is 2. The molecule has 0 saturated carbocycles. The summed E-state index contributed by atoms with van der Waals surface area (Å²) in [4.78, 5) is 34.4. The second-order valence-electron chi connectivity index (χ2n) is 7.59. The third-order valence-corrected chi connectivity index (χ3v) is 5.60. The lowest BCUT2D eigenvalue weighted by Crippen LogP contribution is -2.44. The molecular weight excluding hydrogens is 443 g/mol. The maximum absolute atomic E-state index is 13.4. The van der Waals surface area contributed by atoms with Crippen LogP contribution in [0.2, 0.25) is 0 Å². The van der Waals surface area contributed by atoms with Gasteiger partial charge in [0, 0.05) is 5.69 Å². The highest BCUT2D eigenvalue weighted by atomic mass is 32.1. The maximum atomic E-state index is 13.4. The van der Waals surface area contributed by atoms with Crippen LogP contribution in [0.3, 0.4) is 0 Å². The van der Waals surface area contributed by atoms with Gasteiger partial charge in [-0.15, -0.1) is 0 Å². The molecule has 162 valence electrons. The highest BCUT2D eigenvalue weighted by Crippen LogP contribution is 2.39. The van der Waals surface area contributed by atoms with E-state index in [9.17, 15) is 22.8 Å². The first-order chi connectivity index (χ1) is 15.0. The molecule has 1 saturated heterocycles. The fraction of sp³-hybridized carbons (Fsp3) is 0.190. The number of nitrogens with zero attached hydrogens (tertiary/aromatic N) is 4. The van der Waals surface area contributed by atoms with Crippen LogP contribution in [0, 0.1) is 11.3 Å². The fourth-order valence-electron chi connectivity index (χ4n) is 3.66. The molecule has 7 nitrogen and oxygen atoms in total. The molecule has 0 atom stereocenters. The number of thiocarbonyl (C=S) groups is 1. The maximum Gasteiger partial charge on any atom is 0.417 e. The van der Waals surface area contributed by atoms with Crippen molar-refractivity contribution in [1.82, 2.24) is 9.97 Å². The molecule has 0 radical (unpaired) electrons. The van der Waals surface area contributed by atoms with Gasteiger partial charge in [0.2, 0.25) is 0 Å². The van der Waals surface area contributed by atoms with Gasteiger partial charge < -0.3 is 9.88 Å². The summed E-state index contributed by atoms with van der Waals surface area (Å²) in [6.45, 7) is 3.15. The number of rotatable bonds is 2. The Morgan fingerprint density at radius 2 is 1.81 bits per heavy atom. The van der Waals surface area contributed by atoms with Crippen LogP contribution in [0.25, 0.3) is 10.9 Å². The van der Waals surface area contributed by atoms with E-state index in [-0.39, 0.29) is 21.7 Å². The van der Waals surface area contributed by atoms with E-state index in [1.165, 1.54) is 29.4 Å². The van der Waals surface area contributed by atoms with Crippen LogP contribution < -0.4 is 15.4 Å². The molecule has 2 heterocycles. The van der Waals surface area contributed by atoms with Gasteiger partial charge in [-0.25, -0.2) is 4.98 Å². The van der Waals surface area contributed by atoms with Gasteiger partial charge >= 0.3 is 6.18 Å². The summed E-state index contributed by atoms with van der Waals surface area (Å²) in [5.41, 5.74) is -2.63. The third kappa shape index (κ3) is 3.20. The minimum atomic E-state index is -4.78. The number of carbonyl (C=O) groups is 1. The van der Waals surface area contributed by atoms with Crippen molar-refractivity contribution >= 4 is 45.5 Å². The first-order valence-electron chi connectivity index (χ1n) is 9.24. The van der Waals surface area contributed by atoms with E-state index in [0.29, 0.717) is 11.2 Å². The number of hydrogen-bond donors (Lipinski definition) is 1. The van der Waals surface area contributed by atoms with E-state index in [4.69, 9.17) is 17.5 Å². The van der Waals surface area contributed by atoms with Crippen molar-refractivity contribution in [2.24, 2.45) is 0 Å². The smallest absolute Gasteiger partial charge is 0.313 e. The number of hydrogen-bond acceptors (Lipinski definition) is 5. The van der Waals surface area contributed by atoms with Crippen molar-refractivity contribution in [1.29, 1.82) is 5.26 Å². The number of halogens is 3. The highest BCUT2D eigenvalue weighted by Gasteiger charge is 2.50. The fourth-order valence-corrected chi connectivity index (χ4v) is 4.18. The number of amides is 1. The van der Waals surface area contributed by atoms with Crippen molar-refractivity contribution < 1.29 is 18.0 Å². The second-order valence-corrected chi connectivity index (χ2v) is 7.96. The lowest BCUT2D eigenvalue weighted by Gasteiger charge is -2.29. The molecule has 1 fully saturated rings. The summed E-state index contributed by atoms with van der Waals surface area (Å²) in [7, 11) is 0. The number of carbonyl (C=O) groups excluding carboxylic acids is 1. The lowest BCUT2D eigenvalue weighted by molar-refractivity contribution is -0.137. The van der Waals surface area contributed by atoms with Gasteiger partial charge in [0.1, 0.15) is 5.54 Å². The number of nitrogens with one attached hydrogen (secondary N) is 1. The standard InChI is InChI=1S/C21H14F3N5O2S/c1-20(2)18(31)28(12-4-3-11(9-25)15(8-12)21(22,23)24)19(32)29(20)13-5-6-16-14(7-13)17(30)27-10-26-16/h3-8,10H,1-2H3,(H,26,27,30). The Labute approximate surface area is 184 Å². The number of H-pyrrole nitrogens is 1. The van der Waals surface area contributed by atoms with Crippen molar-refractivity contribution in [3.05, 3.63) is 64.2 Å². The molecule has 1 aliphatic heterocycles. The molecule has 0 aliphatic carbocycles. The van der Waals surface area contributed by atoms with Crippen molar-refractivity contribution in [2.45, 2.75) is 25.6 Å². The quantitative estimate of drug-likeness (QED) is 0.590. The van der Waals surface area contributed by atoms with Crippen LogP contribution in [0.1, 0.15) is 25.0 Å². The number of nitriles is 1. The number of benzene rings is 2. The number of anilines is 2. The predicted octanol–water partition coefficient (Wildman–Crippen LogP) is 3.73. The van der Waals surface area contributed by atoms with E-state index in [1.807, 2.05) is 0 Å². The lowest BCUT2D eigenvalue weighted by atomic mass is 10.0. The second kappa shape index (κ2) is 7.13.